The topological polar surface area (TPSA) is 30.7 Å². The summed E-state index contributed by atoms with van der Waals surface area (Å²) in [6.07, 6.45) is 4.23. The van der Waals surface area contributed by atoms with Gasteiger partial charge in [-0.25, -0.2) is 9.37 Å². The standard InChI is InChI=1S/C15H13ClFN3/c1-2-5-20-14-7-12(17)3-4-13(14)19-15(20)10-6-11(16)9-18-8-10/h3-4,6-9H,2,5H2,1H3. The molecule has 0 atom stereocenters. The summed E-state index contributed by atoms with van der Waals surface area (Å²) in [6.45, 7) is 2.84. The van der Waals surface area contributed by atoms with Gasteiger partial charge in [-0.05, 0) is 30.7 Å². The van der Waals surface area contributed by atoms with Crippen molar-refractivity contribution in [2.24, 2.45) is 0 Å². The maximum absolute atomic E-state index is 13.5. The van der Waals surface area contributed by atoms with E-state index in [4.69, 9.17) is 11.6 Å². The van der Waals surface area contributed by atoms with Gasteiger partial charge in [0.25, 0.3) is 0 Å². The van der Waals surface area contributed by atoms with Crippen molar-refractivity contribution in [1.82, 2.24) is 14.5 Å². The van der Waals surface area contributed by atoms with Gasteiger partial charge in [-0.2, -0.15) is 0 Å². The number of hydrogen-bond acceptors (Lipinski definition) is 2. The normalized spacial score (nSPS) is 11.2. The second kappa shape index (κ2) is 5.21. The molecule has 3 nitrogen and oxygen atoms in total. The molecule has 0 amide bonds. The Labute approximate surface area is 121 Å². The lowest BCUT2D eigenvalue weighted by atomic mass is 10.2. The van der Waals surface area contributed by atoms with Crippen LogP contribution >= 0.6 is 11.6 Å². The monoisotopic (exact) mass is 289 g/mol. The molecule has 5 heteroatoms. The predicted octanol–water partition coefficient (Wildman–Crippen LogP) is 4.30. The molecule has 1 aromatic carbocycles. The Bertz CT molecular complexity index is 767. The molecule has 3 rings (SSSR count). The van der Waals surface area contributed by atoms with Crippen molar-refractivity contribution < 1.29 is 4.39 Å². The van der Waals surface area contributed by atoms with Gasteiger partial charge in [0.2, 0.25) is 0 Å². The SMILES string of the molecule is CCCn1c(-c2cncc(Cl)c2)nc2ccc(F)cc21. The average molecular weight is 290 g/mol. The highest BCUT2D eigenvalue weighted by molar-refractivity contribution is 6.30. The maximum Gasteiger partial charge on any atom is 0.142 e. The summed E-state index contributed by atoms with van der Waals surface area (Å²) >= 11 is 5.99. The third-order valence-corrected chi connectivity index (χ3v) is 3.33. The highest BCUT2D eigenvalue weighted by Gasteiger charge is 2.13. The van der Waals surface area contributed by atoms with Crippen molar-refractivity contribution in [3.05, 3.63) is 47.5 Å². The molecule has 0 N–H and O–H groups in total. The number of nitrogens with zero attached hydrogens (tertiary/aromatic N) is 3. The highest BCUT2D eigenvalue weighted by atomic mass is 35.5. The van der Waals surface area contributed by atoms with Gasteiger partial charge in [0.15, 0.2) is 0 Å². The maximum atomic E-state index is 13.5. The van der Waals surface area contributed by atoms with E-state index in [1.807, 2.05) is 10.6 Å². The number of imidazole rings is 1. The molecule has 2 heterocycles. The van der Waals surface area contributed by atoms with E-state index in [-0.39, 0.29) is 5.82 Å². The van der Waals surface area contributed by atoms with Crippen LogP contribution in [0.25, 0.3) is 22.4 Å². The summed E-state index contributed by atoms with van der Waals surface area (Å²) in [6, 6.07) is 6.45. The summed E-state index contributed by atoms with van der Waals surface area (Å²) in [5, 5.41) is 0.559. The molecule has 0 saturated carbocycles. The van der Waals surface area contributed by atoms with Crippen molar-refractivity contribution in [3.8, 4) is 11.4 Å². The van der Waals surface area contributed by atoms with Gasteiger partial charge in [0.05, 0.1) is 16.1 Å². The molecule has 0 aliphatic heterocycles. The molecule has 0 unspecified atom stereocenters. The fourth-order valence-electron chi connectivity index (χ4n) is 2.30. The minimum Gasteiger partial charge on any atom is -0.324 e. The van der Waals surface area contributed by atoms with E-state index >= 15 is 0 Å². The second-order valence-corrected chi connectivity index (χ2v) is 5.05. The molecule has 0 aliphatic carbocycles. The molecular weight excluding hydrogens is 277 g/mol. The van der Waals surface area contributed by atoms with Crippen LogP contribution in [0.3, 0.4) is 0 Å². The summed E-state index contributed by atoms with van der Waals surface area (Å²) in [7, 11) is 0. The predicted molar refractivity (Wildman–Crippen MR) is 78.2 cm³/mol. The minimum absolute atomic E-state index is 0.259. The van der Waals surface area contributed by atoms with E-state index in [2.05, 4.69) is 16.9 Å². The molecule has 0 aliphatic rings. The highest BCUT2D eigenvalue weighted by Crippen LogP contribution is 2.26. The van der Waals surface area contributed by atoms with Crippen LogP contribution in [0.15, 0.2) is 36.7 Å². The summed E-state index contributed by atoms with van der Waals surface area (Å²) in [5.41, 5.74) is 2.40. The first kappa shape index (κ1) is 13.1. The van der Waals surface area contributed by atoms with E-state index in [1.165, 1.54) is 12.1 Å². The number of hydrogen-bond donors (Lipinski definition) is 0. The summed E-state index contributed by atoms with van der Waals surface area (Å²) in [4.78, 5) is 8.67. The molecule has 0 spiro atoms. The van der Waals surface area contributed by atoms with Crippen LogP contribution < -0.4 is 0 Å². The first-order chi connectivity index (χ1) is 9.69. The smallest absolute Gasteiger partial charge is 0.142 e. The Hall–Kier alpha value is -1.94. The van der Waals surface area contributed by atoms with Crippen LogP contribution in [0.2, 0.25) is 5.02 Å². The number of rotatable bonds is 3. The number of benzene rings is 1. The van der Waals surface area contributed by atoms with Crippen LogP contribution in [0.4, 0.5) is 4.39 Å². The lowest BCUT2D eigenvalue weighted by Gasteiger charge is -2.07. The second-order valence-electron chi connectivity index (χ2n) is 4.61. The fraction of sp³-hybridized carbons (Fsp3) is 0.200. The quantitative estimate of drug-likeness (QED) is 0.720. The zero-order valence-electron chi connectivity index (χ0n) is 11.0. The van der Waals surface area contributed by atoms with E-state index in [1.54, 1.807) is 18.5 Å². The van der Waals surface area contributed by atoms with Crippen LogP contribution in [-0.4, -0.2) is 14.5 Å². The zero-order valence-corrected chi connectivity index (χ0v) is 11.7. The zero-order chi connectivity index (χ0) is 14.1. The van der Waals surface area contributed by atoms with Gasteiger partial charge in [-0.3, -0.25) is 4.98 Å². The largest absolute Gasteiger partial charge is 0.324 e. The Kier molecular flexibility index (Phi) is 3.40. The van der Waals surface area contributed by atoms with Gasteiger partial charge in [0, 0.05) is 24.5 Å². The average Bonchev–Trinajstić information content (AvgIpc) is 2.78. The molecule has 0 bridgehead atoms. The van der Waals surface area contributed by atoms with Gasteiger partial charge >= 0.3 is 0 Å². The molecule has 3 aromatic rings. The van der Waals surface area contributed by atoms with Crippen LogP contribution in [0.1, 0.15) is 13.3 Å². The van der Waals surface area contributed by atoms with Crippen molar-refractivity contribution in [2.45, 2.75) is 19.9 Å². The van der Waals surface area contributed by atoms with Crippen molar-refractivity contribution in [3.63, 3.8) is 0 Å². The van der Waals surface area contributed by atoms with Crippen molar-refractivity contribution in [1.29, 1.82) is 0 Å². The van der Waals surface area contributed by atoms with Crippen LogP contribution in [0.5, 0.6) is 0 Å². The Morgan fingerprint density at radius 1 is 1.25 bits per heavy atom. The first-order valence-electron chi connectivity index (χ1n) is 6.45. The summed E-state index contributed by atoms with van der Waals surface area (Å²) in [5.74, 6) is 0.507. The molecule has 0 saturated heterocycles. The van der Waals surface area contributed by atoms with Crippen LogP contribution in [-0.2, 0) is 6.54 Å². The number of halogens is 2. The lowest BCUT2D eigenvalue weighted by molar-refractivity contribution is 0.627. The van der Waals surface area contributed by atoms with Gasteiger partial charge in [-0.15, -0.1) is 0 Å². The Morgan fingerprint density at radius 3 is 2.85 bits per heavy atom. The number of aromatic nitrogens is 3. The van der Waals surface area contributed by atoms with E-state index in [0.29, 0.717) is 5.02 Å². The molecule has 102 valence electrons. The van der Waals surface area contributed by atoms with Crippen molar-refractivity contribution in [2.75, 3.05) is 0 Å². The molecule has 20 heavy (non-hydrogen) atoms. The van der Waals surface area contributed by atoms with Gasteiger partial charge in [0.1, 0.15) is 11.6 Å². The lowest BCUT2D eigenvalue weighted by Crippen LogP contribution is -2.00. The number of fused-ring (bicyclic) bond motifs is 1. The van der Waals surface area contributed by atoms with Crippen LogP contribution in [0, 0.1) is 5.82 Å². The molecule has 0 radical (unpaired) electrons. The Balaban J connectivity index is 2.26. The van der Waals surface area contributed by atoms with Crippen molar-refractivity contribution >= 4 is 22.6 Å². The molecular formula is C15H13ClFN3. The van der Waals surface area contributed by atoms with Gasteiger partial charge in [-0.1, -0.05) is 18.5 Å². The third-order valence-electron chi connectivity index (χ3n) is 3.12. The summed E-state index contributed by atoms with van der Waals surface area (Å²) < 4.78 is 15.5. The van der Waals surface area contributed by atoms with E-state index in [0.717, 1.165) is 35.4 Å². The minimum atomic E-state index is -0.259. The molecule has 0 fully saturated rings. The molecule has 2 aromatic heterocycles. The number of aryl methyl sites for hydroxylation is 1. The number of pyridine rings is 1. The third kappa shape index (κ3) is 2.27. The fourth-order valence-corrected chi connectivity index (χ4v) is 2.47. The first-order valence-corrected chi connectivity index (χ1v) is 6.83. The van der Waals surface area contributed by atoms with E-state index in [9.17, 15) is 4.39 Å². The van der Waals surface area contributed by atoms with E-state index < -0.39 is 0 Å². The van der Waals surface area contributed by atoms with Gasteiger partial charge < -0.3 is 4.57 Å². The Morgan fingerprint density at radius 2 is 2.10 bits per heavy atom.